The molecular formula is C26H27FN6O3S2. The van der Waals surface area contributed by atoms with Gasteiger partial charge in [-0.15, -0.1) is 11.3 Å². The molecule has 1 atom stereocenters. The van der Waals surface area contributed by atoms with Crippen LogP contribution in [-0.2, 0) is 21.3 Å². The number of fused-ring (bicyclic) bond motifs is 3. The molecular weight excluding hydrogens is 527 g/mol. The molecule has 1 aromatic carbocycles. The molecule has 0 radical (unpaired) electrons. The number of aromatic nitrogens is 3. The molecule has 1 N–H and O–H groups in total. The lowest BCUT2D eigenvalue weighted by Gasteiger charge is -2.28. The van der Waals surface area contributed by atoms with Gasteiger partial charge in [0.1, 0.15) is 5.82 Å². The predicted molar refractivity (Wildman–Crippen MR) is 146 cm³/mol. The fraction of sp³-hybridized carbons (Fsp3) is 0.385. The van der Waals surface area contributed by atoms with Crippen LogP contribution in [0.3, 0.4) is 0 Å². The van der Waals surface area contributed by atoms with Gasteiger partial charge < -0.3 is 14.6 Å². The maximum Gasteiger partial charge on any atom is 0.231 e. The largest absolute Gasteiger partial charge is 0.378 e. The van der Waals surface area contributed by atoms with Gasteiger partial charge in [-0.25, -0.2) is 22.8 Å². The molecule has 0 bridgehead atoms. The van der Waals surface area contributed by atoms with Crippen LogP contribution in [0.1, 0.15) is 4.88 Å². The molecule has 0 spiro atoms. The van der Waals surface area contributed by atoms with E-state index < -0.39 is 10.0 Å². The van der Waals surface area contributed by atoms with Crippen LogP contribution in [0.4, 0.5) is 10.2 Å². The lowest BCUT2D eigenvalue weighted by atomic mass is 10.1. The number of sulfonamides is 1. The number of morpholine rings is 1. The number of likely N-dealkylation sites (tertiary alicyclic amines) is 1. The smallest absolute Gasteiger partial charge is 0.231 e. The summed E-state index contributed by atoms with van der Waals surface area (Å²) in [6.45, 7) is 5.50. The number of nitrogens with one attached hydrogen (secondary N) is 1. The third kappa shape index (κ3) is 4.15. The molecule has 2 saturated heterocycles. The topological polar surface area (TPSA) is 94.7 Å². The molecule has 1 unspecified atom stereocenters. The van der Waals surface area contributed by atoms with E-state index in [1.807, 2.05) is 6.07 Å². The summed E-state index contributed by atoms with van der Waals surface area (Å²) in [5.74, 6) is 1.09. The van der Waals surface area contributed by atoms with Crippen LogP contribution in [0.5, 0.6) is 0 Å². The van der Waals surface area contributed by atoms with Crippen LogP contribution < -0.4 is 4.90 Å². The van der Waals surface area contributed by atoms with Gasteiger partial charge in [0.05, 0.1) is 35.2 Å². The molecule has 12 heteroatoms. The summed E-state index contributed by atoms with van der Waals surface area (Å²) in [4.78, 5) is 18.7. The van der Waals surface area contributed by atoms with Crippen LogP contribution in [0.2, 0.25) is 0 Å². The van der Waals surface area contributed by atoms with Gasteiger partial charge in [0.15, 0.2) is 11.6 Å². The summed E-state index contributed by atoms with van der Waals surface area (Å²) < 4.78 is 47.0. The lowest BCUT2D eigenvalue weighted by molar-refractivity contribution is 0.122. The van der Waals surface area contributed by atoms with Gasteiger partial charge in [0.2, 0.25) is 10.0 Å². The number of aromatic amines is 1. The molecule has 6 heterocycles. The second-order valence-electron chi connectivity index (χ2n) is 10.2. The van der Waals surface area contributed by atoms with Crippen molar-refractivity contribution in [2.24, 2.45) is 5.92 Å². The van der Waals surface area contributed by atoms with E-state index in [-0.39, 0.29) is 11.7 Å². The molecule has 0 aliphatic carbocycles. The number of thiophene rings is 1. The van der Waals surface area contributed by atoms with Crippen molar-refractivity contribution in [1.29, 1.82) is 0 Å². The number of hydrogen-bond acceptors (Lipinski definition) is 8. The number of benzene rings is 1. The monoisotopic (exact) mass is 554 g/mol. The Kier molecular flexibility index (Phi) is 5.69. The van der Waals surface area contributed by atoms with Crippen LogP contribution >= 0.6 is 11.3 Å². The van der Waals surface area contributed by atoms with Gasteiger partial charge in [-0.2, -0.15) is 0 Å². The zero-order chi connectivity index (χ0) is 26.0. The van der Waals surface area contributed by atoms with Gasteiger partial charge >= 0.3 is 0 Å². The van der Waals surface area contributed by atoms with Crippen molar-refractivity contribution in [3.63, 3.8) is 0 Å². The zero-order valence-electron chi connectivity index (χ0n) is 20.9. The number of anilines is 1. The third-order valence-electron chi connectivity index (χ3n) is 7.55. The SMILES string of the molecule is CS(=O)(=O)N1C=C2CN(Cc3cc4nc(-c5c(F)ccc6[nH]ccc56)nc(N5CCOCC5)c4s3)CC2C1. The van der Waals surface area contributed by atoms with Crippen molar-refractivity contribution in [2.45, 2.75) is 6.54 Å². The van der Waals surface area contributed by atoms with E-state index in [0.29, 0.717) is 44.2 Å². The summed E-state index contributed by atoms with van der Waals surface area (Å²) in [5, 5.41) is 0.757. The van der Waals surface area contributed by atoms with Crippen molar-refractivity contribution >= 4 is 48.3 Å². The highest BCUT2D eigenvalue weighted by Gasteiger charge is 2.36. The number of hydrogen-bond donors (Lipinski definition) is 1. The Morgan fingerprint density at radius 1 is 1.18 bits per heavy atom. The van der Waals surface area contributed by atoms with Crippen molar-refractivity contribution in [2.75, 3.05) is 57.1 Å². The van der Waals surface area contributed by atoms with Crippen molar-refractivity contribution in [3.8, 4) is 11.4 Å². The second-order valence-corrected chi connectivity index (χ2v) is 13.2. The fourth-order valence-electron chi connectivity index (χ4n) is 5.71. The van der Waals surface area contributed by atoms with E-state index in [1.165, 1.54) is 22.2 Å². The zero-order valence-corrected chi connectivity index (χ0v) is 22.5. The van der Waals surface area contributed by atoms with Crippen LogP contribution in [-0.4, -0.2) is 84.8 Å². The first-order valence-electron chi connectivity index (χ1n) is 12.6. The van der Waals surface area contributed by atoms with Gasteiger partial charge in [0.25, 0.3) is 0 Å². The van der Waals surface area contributed by atoms with Crippen LogP contribution in [0.25, 0.3) is 32.5 Å². The standard InChI is InChI=1S/C26H27FN6O3S2/c1-38(34,35)33-13-16-11-31(12-17(16)14-33)15-18-10-22-24(37-18)26(32-6-8-36-9-7-32)30-25(29-22)23-19-4-5-28-21(19)3-2-20(23)27/h2-5,10,13,17,28H,6-9,11-12,14-15H2,1H3. The molecule has 3 aliphatic rings. The minimum atomic E-state index is -3.21. The van der Waals surface area contributed by atoms with Gasteiger partial charge in [-0.1, -0.05) is 0 Å². The maximum absolute atomic E-state index is 15.2. The van der Waals surface area contributed by atoms with Gasteiger partial charge in [-0.3, -0.25) is 9.21 Å². The Hall–Kier alpha value is -3.06. The first-order chi connectivity index (χ1) is 18.3. The first-order valence-corrected chi connectivity index (χ1v) is 15.3. The Labute approximate surface area is 223 Å². The maximum atomic E-state index is 15.2. The van der Waals surface area contributed by atoms with E-state index >= 15 is 4.39 Å². The predicted octanol–water partition coefficient (Wildman–Crippen LogP) is 3.41. The molecule has 198 valence electrons. The second kappa shape index (κ2) is 9.01. The molecule has 0 amide bonds. The molecule has 2 fully saturated rings. The number of rotatable bonds is 5. The van der Waals surface area contributed by atoms with Crippen LogP contribution in [0.15, 0.2) is 42.2 Å². The van der Waals surface area contributed by atoms with E-state index in [9.17, 15) is 8.42 Å². The molecule has 3 aromatic heterocycles. The Morgan fingerprint density at radius 2 is 2.03 bits per heavy atom. The highest BCUT2D eigenvalue weighted by Crippen LogP contribution is 2.38. The summed E-state index contributed by atoms with van der Waals surface area (Å²) in [6, 6.07) is 7.14. The summed E-state index contributed by atoms with van der Waals surface area (Å²) >= 11 is 1.68. The summed E-state index contributed by atoms with van der Waals surface area (Å²) in [5.41, 5.74) is 3.22. The van der Waals surface area contributed by atoms with E-state index in [2.05, 4.69) is 20.9 Å². The third-order valence-corrected chi connectivity index (χ3v) is 9.76. The van der Waals surface area contributed by atoms with Gasteiger partial charge in [-0.05, 0) is 29.8 Å². The highest BCUT2D eigenvalue weighted by molar-refractivity contribution is 7.88. The van der Waals surface area contributed by atoms with Gasteiger partial charge in [0, 0.05) is 73.4 Å². The lowest BCUT2D eigenvalue weighted by Crippen LogP contribution is -2.36. The average Bonchev–Trinajstić information content (AvgIpc) is 3.66. The number of halogens is 1. The Bertz CT molecular complexity index is 1690. The highest BCUT2D eigenvalue weighted by atomic mass is 32.2. The summed E-state index contributed by atoms with van der Waals surface area (Å²) in [6.07, 6.45) is 4.85. The molecule has 3 aliphatic heterocycles. The van der Waals surface area contributed by atoms with Crippen molar-refractivity contribution in [3.05, 3.63) is 52.9 Å². The number of ether oxygens (including phenoxy) is 1. The fourth-order valence-corrected chi connectivity index (χ4v) is 7.64. The Morgan fingerprint density at radius 3 is 2.82 bits per heavy atom. The minimum absolute atomic E-state index is 0.235. The summed E-state index contributed by atoms with van der Waals surface area (Å²) in [7, 11) is -3.21. The van der Waals surface area contributed by atoms with E-state index in [0.717, 1.165) is 51.4 Å². The van der Waals surface area contributed by atoms with Crippen molar-refractivity contribution < 1.29 is 17.5 Å². The molecule has 7 rings (SSSR count). The molecule has 4 aromatic rings. The molecule has 9 nitrogen and oxygen atoms in total. The normalized spacial score (nSPS) is 20.6. The Balaban J connectivity index is 1.25. The van der Waals surface area contributed by atoms with E-state index in [4.69, 9.17) is 14.7 Å². The van der Waals surface area contributed by atoms with Crippen LogP contribution in [0, 0.1) is 11.7 Å². The minimum Gasteiger partial charge on any atom is -0.378 e. The first kappa shape index (κ1) is 24.0. The molecule has 0 saturated carbocycles. The van der Waals surface area contributed by atoms with E-state index in [1.54, 1.807) is 29.8 Å². The number of nitrogens with zero attached hydrogens (tertiary/aromatic N) is 5. The average molecular weight is 555 g/mol. The molecule has 38 heavy (non-hydrogen) atoms. The number of H-pyrrole nitrogens is 1. The quantitative estimate of drug-likeness (QED) is 0.404. The van der Waals surface area contributed by atoms with Crippen molar-refractivity contribution in [1.82, 2.24) is 24.2 Å².